The van der Waals surface area contributed by atoms with E-state index < -0.39 is 0 Å². The first kappa shape index (κ1) is 12.1. The van der Waals surface area contributed by atoms with Crippen molar-refractivity contribution in [2.75, 3.05) is 13.2 Å². The number of nitrogens with one attached hydrogen (secondary N) is 1. The second kappa shape index (κ2) is 5.04. The Bertz CT molecular complexity index is 621. The zero-order valence-corrected chi connectivity index (χ0v) is 11.3. The molecule has 4 heteroatoms. The van der Waals surface area contributed by atoms with Gasteiger partial charge in [0.2, 0.25) is 5.88 Å². The number of ether oxygens (including phenoxy) is 2. The summed E-state index contributed by atoms with van der Waals surface area (Å²) in [4.78, 5) is 4.68. The number of hydrogen-bond acceptors (Lipinski definition) is 4. The first-order valence-electron chi connectivity index (χ1n) is 7.25. The van der Waals surface area contributed by atoms with Crippen LogP contribution >= 0.6 is 0 Å². The zero-order chi connectivity index (χ0) is 13.4. The summed E-state index contributed by atoms with van der Waals surface area (Å²) in [6.07, 6.45) is 2.73. The van der Waals surface area contributed by atoms with Gasteiger partial charge in [-0.25, -0.2) is 4.98 Å². The van der Waals surface area contributed by atoms with Crippen LogP contribution in [0.5, 0.6) is 5.88 Å². The molecule has 2 aliphatic rings. The molecule has 1 aliphatic heterocycles. The molecule has 0 radical (unpaired) electrons. The SMILES string of the molecule is c1ccc2c(OC3COC3)nc(CNC3CC3)cc2c1. The molecular weight excluding hydrogens is 252 g/mol. The van der Waals surface area contributed by atoms with Crippen molar-refractivity contribution in [1.82, 2.24) is 10.3 Å². The molecule has 0 unspecified atom stereocenters. The molecule has 0 atom stereocenters. The molecule has 1 saturated heterocycles. The smallest absolute Gasteiger partial charge is 0.222 e. The van der Waals surface area contributed by atoms with Crippen molar-refractivity contribution in [3.63, 3.8) is 0 Å². The first-order chi connectivity index (χ1) is 9.88. The molecule has 2 heterocycles. The molecule has 0 spiro atoms. The Morgan fingerprint density at radius 2 is 2.10 bits per heavy atom. The molecule has 0 bridgehead atoms. The summed E-state index contributed by atoms with van der Waals surface area (Å²) in [6.45, 7) is 2.15. The van der Waals surface area contributed by atoms with Crippen molar-refractivity contribution in [1.29, 1.82) is 0 Å². The maximum atomic E-state index is 5.96. The lowest BCUT2D eigenvalue weighted by molar-refractivity contribution is -0.0807. The predicted molar refractivity (Wildman–Crippen MR) is 76.8 cm³/mol. The van der Waals surface area contributed by atoms with E-state index in [9.17, 15) is 0 Å². The highest BCUT2D eigenvalue weighted by molar-refractivity contribution is 5.87. The van der Waals surface area contributed by atoms with Crippen LogP contribution in [-0.2, 0) is 11.3 Å². The third-order valence-corrected chi connectivity index (χ3v) is 3.79. The molecule has 1 aromatic heterocycles. The van der Waals surface area contributed by atoms with E-state index in [-0.39, 0.29) is 6.10 Å². The van der Waals surface area contributed by atoms with Gasteiger partial charge in [0.25, 0.3) is 0 Å². The highest BCUT2D eigenvalue weighted by Gasteiger charge is 2.23. The van der Waals surface area contributed by atoms with Gasteiger partial charge >= 0.3 is 0 Å². The van der Waals surface area contributed by atoms with Gasteiger partial charge in [-0.05, 0) is 30.4 Å². The van der Waals surface area contributed by atoms with Gasteiger partial charge in [-0.3, -0.25) is 0 Å². The van der Waals surface area contributed by atoms with E-state index in [1.807, 2.05) is 6.07 Å². The van der Waals surface area contributed by atoms with Crippen molar-refractivity contribution < 1.29 is 9.47 Å². The van der Waals surface area contributed by atoms with Gasteiger partial charge in [0.05, 0.1) is 18.9 Å². The second-order valence-corrected chi connectivity index (χ2v) is 5.57. The van der Waals surface area contributed by atoms with Crippen LogP contribution in [0.3, 0.4) is 0 Å². The van der Waals surface area contributed by atoms with Gasteiger partial charge < -0.3 is 14.8 Å². The molecule has 1 N–H and O–H groups in total. The van der Waals surface area contributed by atoms with Crippen LogP contribution in [0.1, 0.15) is 18.5 Å². The van der Waals surface area contributed by atoms with Gasteiger partial charge in [0.1, 0.15) is 6.10 Å². The van der Waals surface area contributed by atoms with E-state index in [4.69, 9.17) is 9.47 Å². The average molecular weight is 270 g/mol. The number of benzene rings is 1. The van der Waals surface area contributed by atoms with Gasteiger partial charge in [-0.2, -0.15) is 0 Å². The Balaban J connectivity index is 1.64. The highest BCUT2D eigenvalue weighted by Crippen LogP contribution is 2.27. The predicted octanol–water partition coefficient (Wildman–Crippen LogP) is 2.26. The van der Waals surface area contributed by atoms with E-state index in [0.717, 1.165) is 23.5 Å². The minimum atomic E-state index is 0.151. The molecule has 0 amide bonds. The summed E-state index contributed by atoms with van der Waals surface area (Å²) < 4.78 is 11.1. The summed E-state index contributed by atoms with van der Waals surface area (Å²) in [5.41, 5.74) is 1.05. The fraction of sp³-hybridized carbons (Fsp3) is 0.438. The minimum Gasteiger partial charge on any atom is -0.469 e. The largest absolute Gasteiger partial charge is 0.469 e. The highest BCUT2D eigenvalue weighted by atomic mass is 16.6. The monoisotopic (exact) mass is 270 g/mol. The molecule has 4 rings (SSSR count). The summed E-state index contributed by atoms with van der Waals surface area (Å²) in [5, 5.41) is 5.77. The first-order valence-corrected chi connectivity index (χ1v) is 7.25. The fourth-order valence-corrected chi connectivity index (χ4v) is 2.38. The van der Waals surface area contributed by atoms with Crippen molar-refractivity contribution in [3.05, 3.63) is 36.0 Å². The number of aromatic nitrogens is 1. The van der Waals surface area contributed by atoms with Gasteiger partial charge in [0.15, 0.2) is 0 Å². The summed E-state index contributed by atoms with van der Waals surface area (Å²) >= 11 is 0. The third kappa shape index (κ3) is 2.49. The topological polar surface area (TPSA) is 43.4 Å². The van der Waals surface area contributed by atoms with Crippen LogP contribution in [0.4, 0.5) is 0 Å². The van der Waals surface area contributed by atoms with E-state index in [1.165, 1.54) is 18.2 Å². The summed E-state index contributed by atoms with van der Waals surface area (Å²) in [6, 6.07) is 11.1. The van der Waals surface area contributed by atoms with Gasteiger partial charge in [0, 0.05) is 18.0 Å². The Kier molecular flexibility index (Phi) is 3.05. The van der Waals surface area contributed by atoms with E-state index in [2.05, 4.69) is 34.6 Å². The second-order valence-electron chi connectivity index (χ2n) is 5.57. The van der Waals surface area contributed by atoms with Crippen LogP contribution in [0, 0.1) is 0 Å². The van der Waals surface area contributed by atoms with E-state index in [0.29, 0.717) is 19.3 Å². The van der Waals surface area contributed by atoms with Crippen LogP contribution in [0.2, 0.25) is 0 Å². The van der Waals surface area contributed by atoms with Crippen LogP contribution < -0.4 is 10.1 Å². The average Bonchev–Trinajstić information content (AvgIpc) is 3.24. The Morgan fingerprint density at radius 3 is 2.85 bits per heavy atom. The number of fused-ring (bicyclic) bond motifs is 1. The molecule has 2 aromatic rings. The van der Waals surface area contributed by atoms with Gasteiger partial charge in [-0.1, -0.05) is 18.2 Å². The van der Waals surface area contributed by atoms with Crippen molar-refractivity contribution in [2.45, 2.75) is 31.5 Å². The lowest BCUT2D eigenvalue weighted by Crippen LogP contribution is -2.38. The number of rotatable bonds is 5. The maximum absolute atomic E-state index is 5.96. The maximum Gasteiger partial charge on any atom is 0.222 e. The Hall–Kier alpha value is -1.65. The molecule has 104 valence electrons. The van der Waals surface area contributed by atoms with Crippen molar-refractivity contribution in [2.24, 2.45) is 0 Å². The molecule has 2 fully saturated rings. The lowest BCUT2D eigenvalue weighted by Gasteiger charge is -2.26. The van der Waals surface area contributed by atoms with Crippen LogP contribution in [0.25, 0.3) is 10.8 Å². The molecular formula is C16H18N2O2. The fourth-order valence-electron chi connectivity index (χ4n) is 2.38. The van der Waals surface area contributed by atoms with E-state index in [1.54, 1.807) is 0 Å². The minimum absolute atomic E-state index is 0.151. The summed E-state index contributed by atoms with van der Waals surface area (Å²) in [7, 11) is 0. The molecule has 1 aliphatic carbocycles. The number of hydrogen-bond donors (Lipinski definition) is 1. The molecule has 4 nitrogen and oxygen atoms in total. The molecule has 1 aromatic carbocycles. The quantitative estimate of drug-likeness (QED) is 0.905. The third-order valence-electron chi connectivity index (χ3n) is 3.79. The van der Waals surface area contributed by atoms with Gasteiger partial charge in [-0.15, -0.1) is 0 Å². The molecule has 1 saturated carbocycles. The Morgan fingerprint density at radius 1 is 1.25 bits per heavy atom. The zero-order valence-electron chi connectivity index (χ0n) is 11.3. The molecule has 20 heavy (non-hydrogen) atoms. The van der Waals surface area contributed by atoms with Crippen LogP contribution in [0.15, 0.2) is 30.3 Å². The number of pyridine rings is 1. The lowest BCUT2D eigenvalue weighted by atomic mass is 10.1. The summed E-state index contributed by atoms with van der Waals surface area (Å²) in [5.74, 6) is 0.740. The van der Waals surface area contributed by atoms with Crippen molar-refractivity contribution >= 4 is 10.8 Å². The number of nitrogens with zero attached hydrogens (tertiary/aromatic N) is 1. The van der Waals surface area contributed by atoms with Crippen molar-refractivity contribution in [3.8, 4) is 5.88 Å². The van der Waals surface area contributed by atoms with E-state index >= 15 is 0 Å². The normalized spacial score (nSPS) is 19.0. The Labute approximate surface area is 118 Å². The van der Waals surface area contributed by atoms with Crippen LogP contribution in [-0.4, -0.2) is 30.3 Å². The standard InChI is InChI=1S/C16H18N2O2/c1-2-4-15-11(3-1)7-13(8-17-12-5-6-12)18-16(15)20-14-9-19-10-14/h1-4,7,12,14,17H,5-6,8-10H2.